The lowest BCUT2D eigenvalue weighted by molar-refractivity contribution is -0.129. The summed E-state index contributed by atoms with van der Waals surface area (Å²) in [7, 11) is 1.64. The molecule has 2 atom stereocenters. The summed E-state index contributed by atoms with van der Waals surface area (Å²) in [4.78, 5) is 24.6. The van der Waals surface area contributed by atoms with Gasteiger partial charge in [0, 0.05) is 19.6 Å². The van der Waals surface area contributed by atoms with Crippen LogP contribution in [0.15, 0.2) is 0 Å². The van der Waals surface area contributed by atoms with Gasteiger partial charge in [0.15, 0.2) is 0 Å². The number of carbonyl (C=O) groups is 2. The highest BCUT2D eigenvalue weighted by Gasteiger charge is 2.28. The van der Waals surface area contributed by atoms with E-state index in [0.29, 0.717) is 13.0 Å². The zero-order chi connectivity index (χ0) is 12.8. The van der Waals surface area contributed by atoms with Crippen molar-refractivity contribution >= 4 is 11.8 Å². The van der Waals surface area contributed by atoms with Crippen LogP contribution in [-0.4, -0.2) is 43.0 Å². The minimum Gasteiger partial charge on any atom is -0.383 e. The van der Waals surface area contributed by atoms with Gasteiger partial charge < -0.3 is 15.4 Å². The maximum absolute atomic E-state index is 11.9. The molecule has 0 saturated carbocycles. The van der Waals surface area contributed by atoms with Gasteiger partial charge in [-0.3, -0.25) is 9.59 Å². The van der Waals surface area contributed by atoms with Gasteiger partial charge in [-0.2, -0.15) is 0 Å². The van der Waals surface area contributed by atoms with Gasteiger partial charge in [-0.05, 0) is 19.3 Å². The Hall–Kier alpha value is -1.10. The lowest BCUT2D eigenvalue weighted by atomic mass is 10.0. The molecule has 0 aromatic rings. The molecule has 0 aromatic carbocycles. The van der Waals surface area contributed by atoms with Crippen LogP contribution in [0.25, 0.3) is 0 Å². The molecule has 2 amide bonds. The van der Waals surface area contributed by atoms with Gasteiger partial charge in [0.05, 0.1) is 19.1 Å². The van der Waals surface area contributed by atoms with Crippen LogP contribution in [0.4, 0.5) is 0 Å². The number of nitrogens with two attached hydrogens (primary N) is 1. The molecule has 1 aliphatic rings. The third-order valence-electron chi connectivity index (χ3n) is 3.15. The average molecular weight is 241 g/mol. The molecule has 1 radical (unpaired) electrons. The summed E-state index contributed by atoms with van der Waals surface area (Å²) in [6.07, 6.45) is 3.96. The predicted molar refractivity (Wildman–Crippen MR) is 63.9 cm³/mol. The number of methoxy groups -OCH3 is 1. The largest absolute Gasteiger partial charge is 0.383 e. The van der Waals surface area contributed by atoms with E-state index < -0.39 is 0 Å². The number of amides is 2. The smallest absolute Gasteiger partial charge is 0.226 e. The van der Waals surface area contributed by atoms with Crippen molar-refractivity contribution in [2.24, 2.45) is 11.7 Å². The Labute approximate surface area is 102 Å². The van der Waals surface area contributed by atoms with Crippen LogP contribution < -0.4 is 5.73 Å². The summed E-state index contributed by atoms with van der Waals surface area (Å²) in [5.74, 6) is -0.677. The van der Waals surface area contributed by atoms with Gasteiger partial charge in [-0.15, -0.1) is 0 Å². The van der Waals surface area contributed by atoms with Crippen LogP contribution in [0.2, 0.25) is 0 Å². The molecule has 0 unspecified atom stereocenters. The first-order valence-electron chi connectivity index (χ1n) is 5.98. The van der Waals surface area contributed by atoms with E-state index >= 15 is 0 Å². The molecule has 17 heavy (non-hydrogen) atoms. The molecule has 0 aliphatic carbocycles. The van der Waals surface area contributed by atoms with E-state index in [-0.39, 0.29) is 23.8 Å². The second kappa shape index (κ2) is 6.59. The Morgan fingerprint density at radius 2 is 2.29 bits per heavy atom. The van der Waals surface area contributed by atoms with E-state index in [4.69, 9.17) is 10.5 Å². The Kier molecular flexibility index (Phi) is 5.41. The Morgan fingerprint density at radius 3 is 2.88 bits per heavy atom. The van der Waals surface area contributed by atoms with Gasteiger partial charge in [0.2, 0.25) is 11.8 Å². The molecule has 0 aromatic heterocycles. The first-order chi connectivity index (χ1) is 8.06. The van der Waals surface area contributed by atoms with Crippen molar-refractivity contribution < 1.29 is 14.3 Å². The van der Waals surface area contributed by atoms with E-state index in [0.717, 1.165) is 19.4 Å². The van der Waals surface area contributed by atoms with Crippen molar-refractivity contribution in [2.75, 3.05) is 20.3 Å². The number of hydrogen-bond donors (Lipinski definition) is 1. The normalized spacial score (nSPS) is 21.5. The highest BCUT2D eigenvalue weighted by Crippen LogP contribution is 2.19. The van der Waals surface area contributed by atoms with Crippen molar-refractivity contribution in [2.45, 2.75) is 32.2 Å². The third-order valence-corrected chi connectivity index (χ3v) is 3.15. The third kappa shape index (κ3) is 4.00. The highest BCUT2D eigenvalue weighted by atomic mass is 16.5. The monoisotopic (exact) mass is 241 g/mol. The maximum Gasteiger partial charge on any atom is 0.226 e. The number of primary amides is 1. The summed E-state index contributed by atoms with van der Waals surface area (Å²) in [6.45, 7) is 3.07. The molecule has 1 saturated heterocycles. The Balaban J connectivity index is 2.38. The standard InChI is InChI=1S/C12H21N2O3/c1-9(12(13)16)5-6-11(15)14-7-3-4-10(14)8-17-2/h6,9-10H,3-5,7-8H2,1-2H3,(H2,13,16)/t9-,10+/m0/s1. The van der Waals surface area contributed by atoms with Gasteiger partial charge in [0.1, 0.15) is 0 Å². The molecule has 1 fully saturated rings. The zero-order valence-corrected chi connectivity index (χ0v) is 10.5. The number of hydrogen-bond acceptors (Lipinski definition) is 3. The molecule has 0 bridgehead atoms. The van der Waals surface area contributed by atoms with Crippen LogP contribution in [0, 0.1) is 12.3 Å². The van der Waals surface area contributed by atoms with Gasteiger partial charge in [-0.1, -0.05) is 6.92 Å². The van der Waals surface area contributed by atoms with E-state index in [1.54, 1.807) is 20.5 Å². The molecule has 2 N–H and O–H groups in total. The molecular weight excluding hydrogens is 220 g/mol. The van der Waals surface area contributed by atoms with Gasteiger partial charge in [0.25, 0.3) is 0 Å². The molecule has 5 nitrogen and oxygen atoms in total. The number of ether oxygens (including phenoxy) is 1. The first kappa shape index (κ1) is 14.0. The minimum absolute atomic E-state index is 0.0161. The Morgan fingerprint density at radius 1 is 1.59 bits per heavy atom. The van der Waals surface area contributed by atoms with Gasteiger partial charge >= 0.3 is 0 Å². The number of nitrogens with zero attached hydrogens (tertiary/aromatic N) is 1. The van der Waals surface area contributed by atoms with E-state index in [9.17, 15) is 9.59 Å². The van der Waals surface area contributed by atoms with Crippen LogP contribution in [0.5, 0.6) is 0 Å². The molecule has 1 aliphatic heterocycles. The van der Waals surface area contributed by atoms with Crippen molar-refractivity contribution in [3.05, 3.63) is 6.42 Å². The van der Waals surface area contributed by atoms with Crippen LogP contribution in [0.3, 0.4) is 0 Å². The molecular formula is C12H21N2O3. The lowest BCUT2D eigenvalue weighted by Crippen LogP contribution is -2.38. The fourth-order valence-electron chi connectivity index (χ4n) is 2.00. The summed E-state index contributed by atoms with van der Waals surface area (Å²) in [6, 6.07) is 0.174. The van der Waals surface area contributed by atoms with Crippen LogP contribution in [-0.2, 0) is 14.3 Å². The van der Waals surface area contributed by atoms with Crippen molar-refractivity contribution in [3.63, 3.8) is 0 Å². The van der Waals surface area contributed by atoms with Crippen molar-refractivity contribution in [3.8, 4) is 0 Å². The van der Waals surface area contributed by atoms with Crippen LogP contribution in [0.1, 0.15) is 26.2 Å². The second-order valence-electron chi connectivity index (χ2n) is 4.53. The zero-order valence-electron chi connectivity index (χ0n) is 10.5. The predicted octanol–water partition coefficient (Wildman–Crippen LogP) is 0.340. The molecule has 1 heterocycles. The average Bonchev–Trinajstić information content (AvgIpc) is 2.74. The maximum atomic E-state index is 11.9. The summed E-state index contributed by atoms with van der Waals surface area (Å²) in [5.41, 5.74) is 5.15. The summed E-state index contributed by atoms with van der Waals surface area (Å²) < 4.78 is 5.09. The van der Waals surface area contributed by atoms with Crippen LogP contribution >= 0.6 is 0 Å². The van der Waals surface area contributed by atoms with E-state index in [1.165, 1.54) is 0 Å². The van der Waals surface area contributed by atoms with Crippen molar-refractivity contribution in [1.29, 1.82) is 0 Å². The lowest BCUT2D eigenvalue weighted by Gasteiger charge is -2.24. The van der Waals surface area contributed by atoms with Gasteiger partial charge in [-0.25, -0.2) is 0 Å². The number of carbonyl (C=O) groups excluding carboxylic acids is 2. The fourth-order valence-corrected chi connectivity index (χ4v) is 2.00. The molecule has 1 rings (SSSR count). The first-order valence-corrected chi connectivity index (χ1v) is 5.98. The molecule has 0 spiro atoms. The highest BCUT2D eigenvalue weighted by molar-refractivity contribution is 5.86. The summed E-state index contributed by atoms with van der Waals surface area (Å²) in [5, 5.41) is 0. The Bertz CT molecular complexity index is 281. The molecule has 97 valence electrons. The fraction of sp³-hybridized carbons (Fsp3) is 0.750. The topological polar surface area (TPSA) is 72.6 Å². The van der Waals surface area contributed by atoms with E-state index in [2.05, 4.69) is 0 Å². The summed E-state index contributed by atoms with van der Waals surface area (Å²) >= 11 is 0. The minimum atomic E-state index is -0.371. The van der Waals surface area contributed by atoms with E-state index in [1.807, 2.05) is 4.90 Å². The van der Waals surface area contributed by atoms with Crippen molar-refractivity contribution in [1.82, 2.24) is 4.90 Å². The quantitative estimate of drug-likeness (QED) is 0.728. The number of likely N-dealkylation sites (tertiary alicyclic amines) is 1. The SMILES string of the molecule is COC[C@H]1CCCN1C(=O)[CH]C[C@H](C)C(N)=O. The molecule has 5 heteroatoms. The second-order valence-corrected chi connectivity index (χ2v) is 4.53. The number of rotatable bonds is 6.